The van der Waals surface area contributed by atoms with Crippen molar-refractivity contribution in [3.63, 3.8) is 0 Å². The molecule has 0 fully saturated rings. The van der Waals surface area contributed by atoms with Crippen LogP contribution < -0.4 is 10.9 Å². The van der Waals surface area contributed by atoms with Crippen LogP contribution in [0, 0.1) is 0 Å². The number of para-hydroxylation sites is 1. The van der Waals surface area contributed by atoms with Crippen LogP contribution in [0.2, 0.25) is 0 Å². The molecule has 0 unspecified atom stereocenters. The van der Waals surface area contributed by atoms with Crippen molar-refractivity contribution >= 4 is 29.0 Å². The minimum atomic E-state index is -1.23. The second kappa shape index (κ2) is 7.47. The van der Waals surface area contributed by atoms with Gasteiger partial charge in [0, 0.05) is 11.3 Å². The first-order valence-electron chi connectivity index (χ1n) is 8.61. The van der Waals surface area contributed by atoms with Crippen LogP contribution in [0.3, 0.4) is 0 Å². The van der Waals surface area contributed by atoms with Gasteiger partial charge in [-0.25, -0.2) is 14.3 Å². The molecule has 0 bridgehead atoms. The molecule has 0 saturated heterocycles. The summed E-state index contributed by atoms with van der Waals surface area (Å²) in [5, 5.41) is 9.26. The lowest BCUT2D eigenvalue weighted by molar-refractivity contribution is -0.152. The van der Waals surface area contributed by atoms with E-state index in [0.29, 0.717) is 16.1 Å². The lowest BCUT2D eigenvalue weighted by Gasteiger charge is -2.24. The molecular formula is C19H16N4O5S. The third-order valence-corrected chi connectivity index (χ3v) is 5.42. The molecule has 1 aromatic carbocycles. The molecule has 0 spiro atoms. The summed E-state index contributed by atoms with van der Waals surface area (Å²) >= 11 is 1.32. The van der Waals surface area contributed by atoms with E-state index in [1.165, 1.54) is 30.2 Å². The summed E-state index contributed by atoms with van der Waals surface area (Å²) in [4.78, 5) is 42.8. The first kappa shape index (κ1) is 18.8. The van der Waals surface area contributed by atoms with Crippen molar-refractivity contribution in [1.82, 2.24) is 14.8 Å². The van der Waals surface area contributed by atoms with Gasteiger partial charge in [-0.05, 0) is 23.6 Å². The number of carbonyl (C=O) groups is 2. The predicted octanol–water partition coefficient (Wildman–Crippen LogP) is 1.71. The fraction of sp³-hybridized carbons (Fsp3) is 0.211. The molecule has 9 nitrogen and oxygen atoms in total. The van der Waals surface area contributed by atoms with Crippen molar-refractivity contribution in [1.29, 1.82) is 0 Å². The summed E-state index contributed by atoms with van der Waals surface area (Å²) < 4.78 is 11.1. The largest absolute Gasteiger partial charge is 0.467 e. The van der Waals surface area contributed by atoms with E-state index in [0.717, 1.165) is 0 Å². The lowest BCUT2D eigenvalue weighted by Crippen LogP contribution is -2.44. The molecule has 2 atom stereocenters. The molecule has 0 aliphatic carbocycles. The van der Waals surface area contributed by atoms with Crippen molar-refractivity contribution in [3.05, 3.63) is 52.1 Å². The molecule has 0 saturated carbocycles. The van der Waals surface area contributed by atoms with Gasteiger partial charge in [-0.15, -0.1) is 11.3 Å². The molecule has 1 aliphatic heterocycles. The average molecular weight is 412 g/mol. The zero-order valence-electron chi connectivity index (χ0n) is 15.5. The van der Waals surface area contributed by atoms with Crippen LogP contribution in [0.5, 0.6) is 0 Å². The zero-order valence-corrected chi connectivity index (χ0v) is 16.3. The monoisotopic (exact) mass is 412 g/mol. The summed E-state index contributed by atoms with van der Waals surface area (Å²) in [5.74, 6) is -1.25. The number of thiophene rings is 1. The highest BCUT2D eigenvalue weighted by Gasteiger charge is 2.42. The Morgan fingerprint density at radius 2 is 1.86 bits per heavy atom. The Labute approximate surface area is 168 Å². The van der Waals surface area contributed by atoms with Gasteiger partial charge in [-0.1, -0.05) is 18.2 Å². The highest BCUT2D eigenvalue weighted by atomic mass is 32.1. The maximum absolute atomic E-state index is 12.7. The van der Waals surface area contributed by atoms with Gasteiger partial charge in [0.05, 0.1) is 19.1 Å². The summed E-state index contributed by atoms with van der Waals surface area (Å²) in [7, 11) is 2.44. The van der Waals surface area contributed by atoms with Crippen LogP contribution in [-0.2, 0) is 19.1 Å². The number of ether oxygens (including phenoxy) is 2. The summed E-state index contributed by atoms with van der Waals surface area (Å²) in [6, 6.07) is 8.10. The zero-order chi connectivity index (χ0) is 20.5. The van der Waals surface area contributed by atoms with Gasteiger partial charge >= 0.3 is 17.5 Å². The molecule has 148 valence electrons. The highest BCUT2D eigenvalue weighted by Crippen LogP contribution is 2.34. The van der Waals surface area contributed by atoms with Crippen molar-refractivity contribution < 1.29 is 19.1 Å². The molecule has 3 aromatic rings. The Hall–Kier alpha value is -3.53. The Morgan fingerprint density at radius 3 is 2.55 bits per heavy atom. The molecule has 4 rings (SSSR count). The fourth-order valence-electron chi connectivity index (χ4n) is 3.21. The molecular weight excluding hydrogens is 396 g/mol. The highest BCUT2D eigenvalue weighted by molar-refractivity contribution is 7.13. The quantitative estimate of drug-likeness (QED) is 0.647. The number of anilines is 1. The third kappa shape index (κ3) is 3.17. The summed E-state index contributed by atoms with van der Waals surface area (Å²) in [6.45, 7) is 0. The first-order valence-corrected chi connectivity index (χ1v) is 9.49. The smallest absolute Gasteiger partial charge is 0.333 e. The van der Waals surface area contributed by atoms with Gasteiger partial charge in [0.2, 0.25) is 0 Å². The molecule has 2 aromatic heterocycles. The number of nitrogens with one attached hydrogen (secondary N) is 1. The second-order valence-corrected chi connectivity index (χ2v) is 7.12. The number of fused-ring (bicyclic) bond motifs is 3. The van der Waals surface area contributed by atoms with Crippen LogP contribution in [0.25, 0.3) is 22.0 Å². The van der Waals surface area contributed by atoms with E-state index in [1.54, 1.807) is 41.8 Å². The molecule has 10 heteroatoms. The van der Waals surface area contributed by atoms with Gasteiger partial charge in [0.1, 0.15) is 0 Å². The number of carbonyl (C=O) groups excluding carboxylic acids is 2. The topological polar surface area (TPSA) is 112 Å². The number of hydrogen-bond acceptors (Lipinski definition) is 9. The number of nitrogens with zero attached hydrogens (tertiary/aromatic N) is 3. The summed E-state index contributed by atoms with van der Waals surface area (Å²) in [6.07, 6.45) is 0. The minimum Gasteiger partial charge on any atom is -0.467 e. The SMILES string of the molecule is COC(=O)[C@H]1Nc2ccccc2-c2nc(=O)c(-c3cccs3)nn2[C@@H]1C(=O)OC. The Balaban J connectivity index is 2.05. The van der Waals surface area contributed by atoms with E-state index in [4.69, 9.17) is 9.47 Å². The van der Waals surface area contributed by atoms with Crippen LogP contribution in [0.4, 0.5) is 5.69 Å². The Bertz CT molecular complexity index is 1140. The van der Waals surface area contributed by atoms with E-state index in [9.17, 15) is 14.4 Å². The standard InChI is InChI=1S/C19H16N4O5S/c1-27-18(25)14-15(19(26)28-2)23-16(10-6-3-4-7-11(10)20-14)21-17(24)13(22-23)12-8-5-9-29-12/h3-9,14-15,20H,1-2H3/t14-,15-/m0/s1. The second-order valence-electron chi connectivity index (χ2n) is 6.17. The molecule has 1 aliphatic rings. The van der Waals surface area contributed by atoms with E-state index >= 15 is 0 Å². The minimum absolute atomic E-state index is 0.0839. The summed E-state index contributed by atoms with van der Waals surface area (Å²) in [5.41, 5.74) is 0.588. The molecule has 3 heterocycles. The van der Waals surface area contributed by atoms with Gasteiger partial charge in [0.15, 0.2) is 23.6 Å². The van der Waals surface area contributed by atoms with Crippen LogP contribution in [0.1, 0.15) is 6.04 Å². The molecule has 29 heavy (non-hydrogen) atoms. The average Bonchev–Trinajstić information content (AvgIpc) is 3.23. The van der Waals surface area contributed by atoms with E-state index < -0.39 is 29.6 Å². The van der Waals surface area contributed by atoms with Crippen LogP contribution in [-0.4, -0.2) is 47.0 Å². The molecule has 1 N–H and O–H groups in total. The maximum Gasteiger partial charge on any atom is 0.333 e. The Morgan fingerprint density at radius 1 is 1.10 bits per heavy atom. The van der Waals surface area contributed by atoms with E-state index in [1.807, 2.05) is 0 Å². The maximum atomic E-state index is 12.7. The lowest BCUT2D eigenvalue weighted by atomic mass is 10.1. The molecule has 0 radical (unpaired) electrons. The predicted molar refractivity (Wildman–Crippen MR) is 106 cm³/mol. The van der Waals surface area contributed by atoms with E-state index in [-0.39, 0.29) is 11.5 Å². The van der Waals surface area contributed by atoms with Crippen molar-refractivity contribution in [3.8, 4) is 22.0 Å². The van der Waals surface area contributed by atoms with Gasteiger partial charge in [-0.2, -0.15) is 10.1 Å². The van der Waals surface area contributed by atoms with E-state index in [2.05, 4.69) is 15.4 Å². The number of aromatic nitrogens is 3. The van der Waals surface area contributed by atoms with Crippen molar-refractivity contribution in [2.75, 3.05) is 19.5 Å². The number of hydrogen-bond donors (Lipinski definition) is 1. The van der Waals surface area contributed by atoms with Crippen molar-refractivity contribution in [2.45, 2.75) is 12.1 Å². The fourth-order valence-corrected chi connectivity index (χ4v) is 3.91. The van der Waals surface area contributed by atoms with Gasteiger partial charge in [-0.3, -0.25) is 4.79 Å². The first-order chi connectivity index (χ1) is 14.0. The van der Waals surface area contributed by atoms with Crippen molar-refractivity contribution in [2.24, 2.45) is 0 Å². The number of rotatable bonds is 3. The van der Waals surface area contributed by atoms with Gasteiger partial charge < -0.3 is 14.8 Å². The number of benzene rings is 1. The molecule has 0 amide bonds. The van der Waals surface area contributed by atoms with Crippen LogP contribution in [0.15, 0.2) is 46.6 Å². The van der Waals surface area contributed by atoms with Gasteiger partial charge in [0.25, 0.3) is 0 Å². The number of methoxy groups -OCH3 is 2. The third-order valence-electron chi connectivity index (χ3n) is 4.55. The Kier molecular flexibility index (Phi) is 4.85. The number of esters is 2. The van der Waals surface area contributed by atoms with Crippen LogP contribution >= 0.6 is 11.3 Å². The normalized spacial score (nSPS) is 17.3.